The number of likely N-dealkylation sites (N-methyl/N-ethyl adjacent to an activating group) is 1. The zero-order chi connectivity index (χ0) is 22.1. The van der Waals surface area contributed by atoms with Crippen LogP contribution in [-0.2, 0) is 31.2 Å². The van der Waals surface area contributed by atoms with E-state index in [1.165, 1.54) is 5.56 Å². The Morgan fingerprint density at radius 3 is 2.81 bits per heavy atom. The highest BCUT2D eigenvalue weighted by atomic mass is 32.2. The van der Waals surface area contributed by atoms with Crippen LogP contribution < -0.4 is 9.47 Å². The molecule has 1 fully saturated rings. The third-order valence-electron chi connectivity index (χ3n) is 7.78. The van der Waals surface area contributed by atoms with Gasteiger partial charge >= 0.3 is 5.97 Å². The Kier molecular flexibility index (Phi) is 4.68. The monoisotopic (exact) mass is 447 g/mol. The molecule has 1 aromatic rings. The van der Waals surface area contributed by atoms with Gasteiger partial charge in [0.2, 0.25) is 0 Å². The molecule has 4 aliphatic rings. The number of ether oxygens (including phenoxy) is 3. The van der Waals surface area contributed by atoms with Crippen LogP contribution in [0.5, 0.6) is 11.5 Å². The number of rotatable bonds is 5. The highest BCUT2D eigenvalue weighted by Crippen LogP contribution is 2.64. The number of piperidine rings is 1. The minimum atomic E-state index is -3.69. The number of nitrogens with zero attached hydrogens (tertiary/aromatic N) is 1. The van der Waals surface area contributed by atoms with Crippen molar-refractivity contribution in [2.75, 3.05) is 33.6 Å². The van der Waals surface area contributed by atoms with Gasteiger partial charge in [-0.15, -0.1) is 0 Å². The van der Waals surface area contributed by atoms with Crippen LogP contribution in [0.25, 0.3) is 0 Å². The van der Waals surface area contributed by atoms with E-state index in [1.807, 2.05) is 18.2 Å². The van der Waals surface area contributed by atoms with Crippen molar-refractivity contribution >= 4 is 15.8 Å². The summed E-state index contributed by atoms with van der Waals surface area (Å²) in [5, 5.41) is -1.23. The van der Waals surface area contributed by atoms with E-state index >= 15 is 0 Å². The van der Waals surface area contributed by atoms with Crippen molar-refractivity contribution in [3.8, 4) is 11.5 Å². The average Bonchev–Trinajstić information content (AvgIpc) is 3.04. The second-order valence-corrected chi connectivity index (χ2v) is 11.4. The number of allylic oxidation sites excluding steroid dienone is 1. The van der Waals surface area contributed by atoms with Crippen molar-refractivity contribution in [1.82, 2.24) is 4.90 Å². The van der Waals surface area contributed by atoms with Gasteiger partial charge in [0.1, 0.15) is 6.10 Å². The molecule has 1 saturated heterocycles. The summed E-state index contributed by atoms with van der Waals surface area (Å²) in [4.78, 5) is 15.2. The van der Waals surface area contributed by atoms with Gasteiger partial charge in [-0.05, 0) is 57.0 Å². The third kappa shape index (κ3) is 2.73. The van der Waals surface area contributed by atoms with Crippen molar-refractivity contribution in [1.29, 1.82) is 0 Å². The summed E-state index contributed by atoms with van der Waals surface area (Å²) in [6.45, 7) is 2.74. The van der Waals surface area contributed by atoms with Gasteiger partial charge in [0, 0.05) is 29.2 Å². The Morgan fingerprint density at radius 1 is 1.35 bits per heavy atom. The Hall–Kier alpha value is -2.06. The minimum Gasteiger partial charge on any atom is -0.493 e. The molecule has 0 amide bonds. The van der Waals surface area contributed by atoms with Crippen LogP contribution in [0.1, 0.15) is 24.5 Å². The Bertz CT molecular complexity index is 1070. The summed E-state index contributed by atoms with van der Waals surface area (Å²) in [7, 11) is 0.0384. The van der Waals surface area contributed by atoms with E-state index in [4.69, 9.17) is 14.2 Å². The molecule has 0 radical (unpaired) electrons. The number of methoxy groups -OCH3 is 1. The lowest BCUT2D eigenvalue weighted by Crippen LogP contribution is -2.66. The van der Waals surface area contributed by atoms with Gasteiger partial charge in [-0.2, -0.15) is 0 Å². The van der Waals surface area contributed by atoms with Crippen molar-refractivity contribution in [2.45, 2.75) is 42.6 Å². The van der Waals surface area contributed by atoms with Gasteiger partial charge in [0.25, 0.3) is 0 Å². The molecule has 1 spiro atoms. The predicted octanol–water partition coefficient (Wildman–Crippen LogP) is 1.73. The van der Waals surface area contributed by atoms with Crippen molar-refractivity contribution in [2.24, 2.45) is 11.8 Å². The zero-order valence-electron chi connectivity index (χ0n) is 18.3. The molecule has 2 aliphatic carbocycles. The summed E-state index contributed by atoms with van der Waals surface area (Å²) >= 11 is 0. The normalized spacial score (nSPS) is 33.9. The molecule has 168 valence electrons. The topological polar surface area (TPSA) is 82.1 Å². The van der Waals surface area contributed by atoms with Crippen molar-refractivity contribution in [3.05, 3.63) is 35.4 Å². The second-order valence-electron chi connectivity index (χ2n) is 9.20. The molecule has 2 bridgehead atoms. The van der Waals surface area contributed by atoms with E-state index < -0.39 is 27.0 Å². The lowest BCUT2D eigenvalue weighted by Gasteiger charge is -2.59. The molecule has 1 aromatic carbocycles. The molecule has 1 unspecified atom stereocenters. The lowest BCUT2D eigenvalue weighted by atomic mass is 9.50. The molecule has 2 heterocycles. The number of carbonyl (C=O) groups excluding carboxylic acids is 1. The summed E-state index contributed by atoms with van der Waals surface area (Å²) < 4.78 is 43.0. The fourth-order valence-electron chi connectivity index (χ4n) is 6.67. The Labute approximate surface area is 183 Å². The minimum absolute atomic E-state index is 0.0776. The first-order chi connectivity index (χ1) is 14.7. The van der Waals surface area contributed by atoms with Gasteiger partial charge < -0.3 is 19.1 Å². The molecule has 8 heteroatoms. The highest BCUT2D eigenvalue weighted by molar-refractivity contribution is 7.92. The number of esters is 1. The maximum absolute atomic E-state index is 12.9. The van der Waals surface area contributed by atoms with Crippen LogP contribution >= 0.6 is 0 Å². The largest absolute Gasteiger partial charge is 0.493 e. The number of hydrogen-bond acceptors (Lipinski definition) is 7. The lowest BCUT2D eigenvalue weighted by molar-refractivity contribution is -0.145. The van der Waals surface area contributed by atoms with Crippen LogP contribution in [0, 0.1) is 11.8 Å². The van der Waals surface area contributed by atoms with Crippen LogP contribution in [0.2, 0.25) is 0 Å². The third-order valence-corrected chi connectivity index (χ3v) is 9.21. The van der Waals surface area contributed by atoms with E-state index in [-0.39, 0.29) is 30.1 Å². The van der Waals surface area contributed by atoms with Gasteiger partial charge in [0.15, 0.2) is 26.6 Å². The Balaban J connectivity index is 1.73. The highest BCUT2D eigenvalue weighted by Gasteiger charge is 2.66. The predicted molar refractivity (Wildman–Crippen MR) is 115 cm³/mol. The number of likely N-dealkylation sites (tertiary alicyclic amines) is 1. The quantitative estimate of drug-likeness (QED) is 0.502. The zero-order valence-corrected chi connectivity index (χ0v) is 19.1. The first-order valence-electron chi connectivity index (χ1n) is 10.8. The molecule has 6 atom stereocenters. The SMILES string of the molecule is CCOC(=O)C([C@H]1C=C[C@@H]2Oc3c(OC)ccc4c3[C@@]23CCN(C)[C@H](C4)[C@H]13)S(C)(=O)=O. The molecule has 2 aliphatic heterocycles. The number of carbonyl (C=O) groups is 1. The van der Waals surface area contributed by atoms with Crippen LogP contribution in [0.3, 0.4) is 0 Å². The molecule has 5 rings (SSSR count). The second kappa shape index (κ2) is 6.97. The molecule has 0 aromatic heterocycles. The molecular formula is C23H29NO6S. The maximum atomic E-state index is 12.9. The van der Waals surface area contributed by atoms with Gasteiger partial charge in [0.05, 0.1) is 13.7 Å². The summed E-state index contributed by atoms with van der Waals surface area (Å²) in [6, 6.07) is 4.18. The summed E-state index contributed by atoms with van der Waals surface area (Å²) in [5.41, 5.74) is 2.01. The number of benzene rings is 1. The Morgan fingerprint density at radius 2 is 2.13 bits per heavy atom. The number of sulfone groups is 1. The van der Waals surface area contributed by atoms with E-state index in [0.29, 0.717) is 5.75 Å². The van der Waals surface area contributed by atoms with Crippen molar-refractivity contribution in [3.63, 3.8) is 0 Å². The van der Waals surface area contributed by atoms with E-state index in [0.717, 1.165) is 37.0 Å². The van der Waals surface area contributed by atoms with Gasteiger partial charge in [-0.25, -0.2) is 8.42 Å². The molecule has 0 N–H and O–H groups in total. The van der Waals surface area contributed by atoms with E-state index in [2.05, 4.69) is 18.0 Å². The first kappa shape index (κ1) is 20.8. The molecule has 7 nitrogen and oxygen atoms in total. The van der Waals surface area contributed by atoms with Gasteiger partial charge in [-0.1, -0.05) is 12.1 Å². The van der Waals surface area contributed by atoms with E-state index in [1.54, 1.807) is 14.0 Å². The summed E-state index contributed by atoms with van der Waals surface area (Å²) in [5.74, 6) is 0.257. The molecular weight excluding hydrogens is 418 g/mol. The first-order valence-corrected chi connectivity index (χ1v) is 12.8. The number of hydrogen-bond donors (Lipinski definition) is 0. The van der Waals surface area contributed by atoms with Crippen LogP contribution in [0.4, 0.5) is 0 Å². The van der Waals surface area contributed by atoms with Crippen LogP contribution in [0.15, 0.2) is 24.3 Å². The van der Waals surface area contributed by atoms with Gasteiger partial charge in [-0.3, -0.25) is 4.79 Å². The summed E-state index contributed by atoms with van der Waals surface area (Å²) in [6.07, 6.45) is 6.43. The standard InChI is InChI=1S/C23H29NO6S/c1-5-29-22(25)21(31(4,26)27)14-7-9-17-23-10-11-24(2)15(19(14)23)12-13-6-8-16(28-3)20(30-17)18(13)23/h6-9,14-15,17,19,21H,5,10-12H2,1-4H3/t14-,15+,17-,19-,21?,23+/m0/s1. The molecule has 0 saturated carbocycles. The molecule has 31 heavy (non-hydrogen) atoms. The van der Waals surface area contributed by atoms with Crippen LogP contribution in [-0.4, -0.2) is 70.2 Å². The smallest absolute Gasteiger partial charge is 0.324 e. The maximum Gasteiger partial charge on any atom is 0.324 e. The fourth-order valence-corrected chi connectivity index (χ4v) is 7.92. The average molecular weight is 448 g/mol. The van der Waals surface area contributed by atoms with E-state index in [9.17, 15) is 13.2 Å². The fraction of sp³-hybridized carbons (Fsp3) is 0.609. The van der Waals surface area contributed by atoms with Crippen molar-refractivity contribution < 1.29 is 27.4 Å².